The van der Waals surface area contributed by atoms with Gasteiger partial charge in [0.1, 0.15) is 0 Å². The molecule has 0 atom stereocenters. The van der Waals surface area contributed by atoms with E-state index < -0.39 is 0 Å². The van der Waals surface area contributed by atoms with Gasteiger partial charge in [0.05, 0.1) is 6.54 Å². The summed E-state index contributed by atoms with van der Waals surface area (Å²) in [4.78, 5) is 22.4. The Morgan fingerprint density at radius 1 is 1.24 bits per heavy atom. The summed E-state index contributed by atoms with van der Waals surface area (Å²) >= 11 is 0. The van der Waals surface area contributed by atoms with Crippen molar-refractivity contribution in [3.63, 3.8) is 0 Å². The molecule has 17 heavy (non-hydrogen) atoms. The van der Waals surface area contributed by atoms with E-state index in [0.29, 0.717) is 17.8 Å². The summed E-state index contributed by atoms with van der Waals surface area (Å²) in [5.74, 6) is -0.322. The van der Waals surface area contributed by atoms with E-state index in [2.05, 4.69) is 10.6 Å². The molecule has 0 aromatic heterocycles. The van der Waals surface area contributed by atoms with Crippen LogP contribution in [0.4, 0.5) is 11.4 Å². The maximum atomic E-state index is 11.2. The first kappa shape index (κ1) is 13.2. The first-order valence-corrected chi connectivity index (χ1v) is 5.47. The highest BCUT2D eigenvalue weighted by Crippen LogP contribution is 2.20. The lowest BCUT2D eigenvalue weighted by atomic mass is 10.1. The minimum absolute atomic E-state index is 0.0645. The Morgan fingerprint density at radius 2 is 1.94 bits per heavy atom. The van der Waals surface area contributed by atoms with E-state index in [1.807, 2.05) is 13.0 Å². The fourth-order valence-corrected chi connectivity index (χ4v) is 1.29. The van der Waals surface area contributed by atoms with Gasteiger partial charge in [-0.25, -0.2) is 0 Å². The molecule has 0 aliphatic carbocycles. The molecule has 0 fully saturated rings. The Morgan fingerprint density at radius 3 is 2.53 bits per heavy atom. The molecular formula is C12H17N3O2. The highest BCUT2D eigenvalue weighted by atomic mass is 16.2. The van der Waals surface area contributed by atoms with Crippen molar-refractivity contribution < 1.29 is 9.59 Å². The molecule has 0 radical (unpaired) electrons. The zero-order valence-electron chi connectivity index (χ0n) is 10.0. The molecule has 1 aromatic carbocycles. The fourth-order valence-electron chi connectivity index (χ4n) is 1.29. The Balaban J connectivity index is 2.86. The molecule has 1 aromatic rings. The van der Waals surface area contributed by atoms with Gasteiger partial charge in [0, 0.05) is 17.8 Å². The third kappa shape index (κ3) is 3.88. The normalized spacial score (nSPS) is 9.82. The van der Waals surface area contributed by atoms with Gasteiger partial charge in [-0.05, 0) is 24.6 Å². The van der Waals surface area contributed by atoms with Gasteiger partial charge in [-0.2, -0.15) is 0 Å². The van der Waals surface area contributed by atoms with Crippen LogP contribution in [0, 0.1) is 6.92 Å². The fraction of sp³-hybridized carbons (Fsp3) is 0.333. The van der Waals surface area contributed by atoms with Crippen molar-refractivity contribution in [1.82, 2.24) is 0 Å². The number of amides is 2. The highest BCUT2D eigenvalue weighted by Gasteiger charge is 2.05. The molecule has 2 amide bonds. The molecule has 5 heteroatoms. The largest absolute Gasteiger partial charge is 0.326 e. The minimum Gasteiger partial charge on any atom is -0.326 e. The predicted molar refractivity (Wildman–Crippen MR) is 67.8 cm³/mol. The van der Waals surface area contributed by atoms with Gasteiger partial charge in [-0.3, -0.25) is 9.59 Å². The van der Waals surface area contributed by atoms with Crippen molar-refractivity contribution >= 4 is 23.2 Å². The summed E-state index contributed by atoms with van der Waals surface area (Å²) in [6.07, 6.45) is 0.415. The smallest absolute Gasteiger partial charge is 0.238 e. The maximum absolute atomic E-state index is 11.2. The molecular weight excluding hydrogens is 218 g/mol. The van der Waals surface area contributed by atoms with Crippen LogP contribution in [0.5, 0.6) is 0 Å². The van der Waals surface area contributed by atoms with Crippen LogP contribution in [0.2, 0.25) is 0 Å². The summed E-state index contributed by atoms with van der Waals surface area (Å²) in [6, 6.07) is 5.34. The number of hydrogen-bond donors (Lipinski definition) is 3. The molecule has 1 rings (SSSR count). The van der Waals surface area contributed by atoms with Gasteiger partial charge in [-0.15, -0.1) is 0 Å². The zero-order valence-corrected chi connectivity index (χ0v) is 10.0. The first-order chi connectivity index (χ1) is 8.06. The van der Waals surface area contributed by atoms with E-state index in [1.165, 1.54) is 0 Å². The molecule has 0 unspecified atom stereocenters. The molecule has 0 bridgehead atoms. The van der Waals surface area contributed by atoms with Gasteiger partial charge < -0.3 is 16.4 Å². The number of aryl methyl sites for hydroxylation is 1. The number of benzene rings is 1. The van der Waals surface area contributed by atoms with E-state index >= 15 is 0 Å². The molecule has 0 heterocycles. The van der Waals surface area contributed by atoms with E-state index in [4.69, 9.17) is 5.73 Å². The van der Waals surface area contributed by atoms with Gasteiger partial charge in [0.15, 0.2) is 0 Å². The van der Waals surface area contributed by atoms with Crippen LogP contribution in [0.15, 0.2) is 18.2 Å². The van der Waals surface area contributed by atoms with Crippen molar-refractivity contribution in [2.75, 3.05) is 17.2 Å². The molecule has 4 N–H and O–H groups in total. The Bertz CT molecular complexity index is 430. The van der Waals surface area contributed by atoms with Crippen molar-refractivity contribution in [3.05, 3.63) is 23.8 Å². The van der Waals surface area contributed by atoms with Crippen LogP contribution < -0.4 is 16.4 Å². The minimum atomic E-state index is -0.257. The topological polar surface area (TPSA) is 84.2 Å². The van der Waals surface area contributed by atoms with Crippen LogP contribution in [-0.4, -0.2) is 18.4 Å². The van der Waals surface area contributed by atoms with E-state index in [1.54, 1.807) is 19.1 Å². The molecule has 92 valence electrons. The van der Waals surface area contributed by atoms with Gasteiger partial charge in [0.25, 0.3) is 0 Å². The Hall–Kier alpha value is -1.88. The summed E-state index contributed by atoms with van der Waals surface area (Å²) in [7, 11) is 0. The van der Waals surface area contributed by atoms with Crippen molar-refractivity contribution in [2.45, 2.75) is 20.3 Å². The second-order valence-corrected chi connectivity index (χ2v) is 3.68. The quantitative estimate of drug-likeness (QED) is 0.734. The lowest BCUT2D eigenvalue weighted by molar-refractivity contribution is -0.116. The van der Waals surface area contributed by atoms with E-state index in [-0.39, 0.29) is 18.4 Å². The van der Waals surface area contributed by atoms with Crippen LogP contribution in [0.3, 0.4) is 0 Å². The van der Waals surface area contributed by atoms with E-state index in [9.17, 15) is 9.59 Å². The number of rotatable bonds is 4. The summed E-state index contributed by atoms with van der Waals surface area (Å²) in [5.41, 5.74) is 7.47. The van der Waals surface area contributed by atoms with Gasteiger partial charge in [0.2, 0.25) is 11.8 Å². The van der Waals surface area contributed by atoms with Crippen molar-refractivity contribution in [3.8, 4) is 0 Å². The number of anilines is 2. The lowest BCUT2D eigenvalue weighted by Crippen LogP contribution is -2.22. The molecule has 0 saturated heterocycles. The summed E-state index contributed by atoms with van der Waals surface area (Å²) < 4.78 is 0. The Labute approximate surface area is 100 Å². The average Bonchev–Trinajstić information content (AvgIpc) is 2.33. The first-order valence-electron chi connectivity index (χ1n) is 5.47. The lowest BCUT2D eigenvalue weighted by Gasteiger charge is -2.10. The number of hydrogen-bond acceptors (Lipinski definition) is 3. The maximum Gasteiger partial charge on any atom is 0.238 e. The second-order valence-electron chi connectivity index (χ2n) is 3.68. The molecule has 0 aliphatic rings. The number of carbonyl (C=O) groups is 2. The molecule has 0 aliphatic heterocycles. The van der Waals surface area contributed by atoms with Crippen LogP contribution >= 0.6 is 0 Å². The molecule has 5 nitrogen and oxygen atoms in total. The second kappa shape index (κ2) is 6.00. The number of carbonyl (C=O) groups excluding carboxylic acids is 2. The Kier molecular flexibility index (Phi) is 4.66. The van der Waals surface area contributed by atoms with E-state index in [0.717, 1.165) is 5.56 Å². The number of nitrogens with one attached hydrogen (secondary N) is 2. The van der Waals surface area contributed by atoms with Gasteiger partial charge in [-0.1, -0.05) is 13.0 Å². The summed E-state index contributed by atoms with van der Waals surface area (Å²) in [6.45, 7) is 3.59. The monoisotopic (exact) mass is 235 g/mol. The van der Waals surface area contributed by atoms with Crippen molar-refractivity contribution in [2.24, 2.45) is 5.73 Å². The average molecular weight is 235 g/mol. The van der Waals surface area contributed by atoms with Crippen LogP contribution in [0.25, 0.3) is 0 Å². The SMILES string of the molecule is CCC(=O)Nc1ccc(C)c(NC(=O)CN)c1. The summed E-state index contributed by atoms with van der Waals surface area (Å²) in [5, 5.41) is 5.41. The van der Waals surface area contributed by atoms with Gasteiger partial charge >= 0.3 is 0 Å². The van der Waals surface area contributed by atoms with Crippen LogP contribution in [0.1, 0.15) is 18.9 Å². The molecule has 0 saturated carbocycles. The highest BCUT2D eigenvalue weighted by molar-refractivity contribution is 5.95. The predicted octanol–water partition coefficient (Wildman–Crippen LogP) is 1.24. The third-order valence-electron chi connectivity index (χ3n) is 2.30. The third-order valence-corrected chi connectivity index (χ3v) is 2.30. The number of nitrogens with two attached hydrogens (primary N) is 1. The molecule has 0 spiro atoms. The zero-order chi connectivity index (χ0) is 12.8. The standard InChI is InChI=1S/C12H17N3O2/c1-3-11(16)14-9-5-4-8(2)10(6-9)15-12(17)7-13/h4-6H,3,7,13H2,1-2H3,(H,14,16)(H,15,17). The van der Waals surface area contributed by atoms with Crippen molar-refractivity contribution in [1.29, 1.82) is 0 Å². The van der Waals surface area contributed by atoms with Crippen LogP contribution in [-0.2, 0) is 9.59 Å².